The number of carbonyl (C=O) groups is 1. The Morgan fingerprint density at radius 1 is 1.21 bits per heavy atom. The van der Waals surface area contributed by atoms with Crippen LogP contribution in [0, 0.1) is 0 Å². The van der Waals surface area contributed by atoms with Crippen LogP contribution in [0.1, 0.15) is 50.3 Å². The van der Waals surface area contributed by atoms with E-state index >= 15 is 0 Å². The summed E-state index contributed by atoms with van der Waals surface area (Å²) in [6.45, 7) is 6.76. The Morgan fingerprint density at radius 2 is 2.00 bits per heavy atom. The van der Waals surface area contributed by atoms with Gasteiger partial charge >= 0.3 is 6.03 Å². The molecule has 0 spiro atoms. The van der Waals surface area contributed by atoms with E-state index in [4.69, 9.17) is 4.52 Å². The molecule has 1 aliphatic heterocycles. The molecule has 2 amide bonds. The third kappa shape index (κ3) is 3.70. The van der Waals surface area contributed by atoms with Crippen LogP contribution >= 0.6 is 11.3 Å². The summed E-state index contributed by atoms with van der Waals surface area (Å²) in [7, 11) is 0. The van der Waals surface area contributed by atoms with Gasteiger partial charge in [0.05, 0.1) is 16.5 Å². The molecule has 0 saturated carbocycles. The summed E-state index contributed by atoms with van der Waals surface area (Å²) in [5, 5.41) is 9.29. The smallest absolute Gasteiger partial charge is 0.322 e. The van der Waals surface area contributed by atoms with Gasteiger partial charge in [-0.25, -0.2) is 4.79 Å². The third-order valence-electron chi connectivity index (χ3n) is 5.16. The summed E-state index contributed by atoms with van der Waals surface area (Å²) >= 11 is 1.57. The maximum atomic E-state index is 12.8. The van der Waals surface area contributed by atoms with Crippen molar-refractivity contribution in [3.8, 4) is 10.7 Å². The van der Waals surface area contributed by atoms with Crippen LogP contribution in [-0.2, 0) is 6.42 Å². The fraction of sp³-hybridized carbons (Fsp3) is 0.318. The molecule has 0 saturated heterocycles. The maximum Gasteiger partial charge on any atom is 0.322 e. The molecule has 1 aromatic carbocycles. The first kappa shape index (κ1) is 19.4. The van der Waals surface area contributed by atoms with Gasteiger partial charge in [-0.15, -0.1) is 11.3 Å². The van der Waals surface area contributed by atoms with Crippen molar-refractivity contribution in [2.75, 3.05) is 6.54 Å². The fourth-order valence-electron chi connectivity index (χ4n) is 3.59. The van der Waals surface area contributed by atoms with Crippen molar-refractivity contribution >= 4 is 22.9 Å². The highest BCUT2D eigenvalue weighted by atomic mass is 32.1. The lowest BCUT2D eigenvalue weighted by molar-refractivity contribution is 0.205. The monoisotopic (exact) mass is 408 g/mol. The van der Waals surface area contributed by atoms with Gasteiger partial charge in [-0.05, 0) is 42.3 Å². The van der Waals surface area contributed by atoms with Crippen LogP contribution in [0.4, 0.5) is 4.79 Å². The van der Waals surface area contributed by atoms with Crippen molar-refractivity contribution in [3.63, 3.8) is 0 Å². The average Bonchev–Trinajstić information content (AvgIpc) is 3.42. The summed E-state index contributed by atoms with van der Waals surface area (Å²) in [6, 6.07) is 11.8. The van der Waals surface area contributed by atoms with E-state index in [0.717, 1.165) is 34.6 Å². The van der Waals surface area contributed by atoms with Gasteiger partial charge in [-0.1, -0.05) is 49.3 Å². The standard InChI is InChI=1S/C22H24N4O2S/c1-4-12-26-14(3)18(21-24-20(25-28-21)17-7-6-13-29-17)19(23-22(26)27)16-10-8-15(5-2)9-11-16/h6-11,13,19H,4-5,12H2,1-3H3,(H,23,27). The molecule has 29 heavy (non-hydrogen) atoms. The van der Waals surface area contributed by atoms with E-state index in [9.17, 15) is 4.79 Å². The molecule has 6 nitrogen and oxygen atoms in total. The minimum absolute atomic E-state index is 0.101. The van der Waals surface area contributed by atoms with Gasteiger partial charge in [0.2, 0.25) is 5.82 Å². The fourth-order valence-corrected chi connectivity index (χ4v) is 4.23. The lowest BCUT2D eigenvalue weighted by atomic mass is 9.93. The topological polar surface area (TPSA) is 71.3 Å². The van der Waals surface area contributed by atoms with E-state index in [1.165, 1.54) is 5.56 Å². The molecule has 3 aromatic rings. The van der Waals surface area contributed by atoms with Crippen LogP contribution in [0.15, 0.2) is 52.0 Å². The Morgan fingerprint density at radius 3 is 2.66 bits per heavy atom. The van der Waals surface area contributed by atoms with Crippen molar-refractivity contribution in [3.05, 3.63) is 64.5 Å². The predicted molar refractivity (Wildman–Crippen MR) is 114 cm³/mol. The number of aromatic nitrogens is 2. The Bertz CT molecular complexity index is 1020. The van der Waals surface area contributed by atoms with Crippen LogP contribution in [0.3, 0.4) is 0 Å². The summed E-state index contributed by atoms with van der Waals surface area (Å²) in [6.07, 6.45) is 1.83. The minimum atomic E-state index is -0.335. The first-order valence-electron chi connectivity index (χ1n) is 9.88. The molecule has 0 radical (unpaired) electrons. The second-order valence-corrected chi connectivity index (χ2v) is 7.98. The zero-order chi connectivity index (χ0) is 20.4. The second kappa shape index (κ2) is 8.21. The average molecular weight is 409 g/mol. The first-order valence-corrected chi connectivity index (χ1v) is 10.8. The number of benzene rings is 1. The zero-order valence-corrected chi connectivity index (χ0v) is 17.6. The highest BCUT2D eigenvalue weighted by Crippen LogP contribution is 2.37. The van der Waals surface area contributed by atoms with Crippen LogP contribution in [0.25, 0.3) is 16.3 Å². The lowest BCUT2D eigenvalue weighted by Crippen LogP contribution is -2.46. The minimum Gasteiger partial charge on any atom is -0.334 e. The molecule has 1 N–H and O–H groups in total. The maximum absolute atomic E-state index is 12.8. The number of hydrogen-bond donors (Lipinski definition) is 1. The van der Waals surface area contributed by atoms with Gasteiger partial charge in [0.15, 0.2) is 0 Å². The number of nitrogens with one attached hydrogen (secondary N) is 1. The van der Waals surface area contributed by atoms with Gasteiger partial charge < -0.3 is 9.84 Å². The van der Waals surface area contributed by atoms with E-state index in [1.807, 2.05) is 24.4 Å². The number of allylic oxidation sites excluding steroid dienone is 1. The Hall–Kier alpha value is -2.93. The van der Waals surface area contributed by atoms with Crippen molar-refractivity contribution in [2.45, 2.75) is 39.7 Å². The predicted octanol–water partition coefficient (Wildman–Crippen LogP) is 5.27. The van der Waals surface area contributed by atoms with Crippen molar-refractivity contribution < 1.29 is 9.32 Å². The Balaban J connectivity index is 1.80. The SMILES string of the molecule is CCCN1C(=O)NC(c2ccc(CC)cc2)C(c2nc(-c3cccs3)no2)=C1C. The summed E-state index contributed by atoms with van der Waals surface area (Å²) < 4.78 is 5.67. The second-order valence-electron chi connectivity index (χ2n) is 7.03. The largest absolute Gasteiger partial charge is 0.334 e. The van der Waals surface area contributed by atoms with Crippen molar-refractivity contribution in [1.82, 2.24) is 20.4 Å². The third-order valence-corrected chi connectivity index (χ3v) is 6.03. The number of amides is 2. The number of hydrogen-bond acceptors (Lipinski definition) is 5. The van der Waals surface area contributed by atoms with Crippen molar-refractivity contribution in [2.24, 2.45) is 0 Å². The molecule has 1 unspecified atom stereocenters. The normalized spacial score (nSPS) is 17.0. The van der Waals surface area contributed by atoms with Gasteiger partial charge in [-0.3, -0.25) is 4.90 Å². The number of urea groups is 1. The molecular weight excluding hydrogens is 384 g/mol. The van der Waals surface area contributed by atoms with E-state index in [2.05, 4.69) is 53.6 Å². The molecule has 0 fully saturated rings. The quantitative estimate of drug-likeness (QED) is 0.603. The van der Waals surface area contributed by atoms with E-state index in [1.54, 1.807) is 16.2 Å². The molecule has 4 rings (SSSR count). The lowest BCUT2D eigenvalue weighted by Gasteiger charge is -2.35. The van der Waals surface area contributed by atoms with Crippen LogP contribution < -0.4 is 5.32 Å². The van der Waals surface area contributed by atoms with E-state index < -0.39 is 0 Å². The van der Waals surface area contributed by atoms with Crippen LogP contribution in [0.2, 0.25) is 0 Å². The number of rotatable bonds is 6. The van der Waals surface area contributed by atoms with E-state index in [-0.39, 0.29) is 12.1 Å². The van der Waals surface area contributed by atoms with Gasteiger partial charge in [0.1, 0.15) is 0 Å². The van der Waals surface area contributed by atoms with Gasteiger partial charge in [-0.2, -0.15) is 4.98 Å². The Labute approximate surface area is 174 Å². The molecule has 3 heterocycles. The van der Waals surface area contributed by atoms with Crippen LogP contribution in [0.5, 0.6) is 0 Å². The number of thiophene rings is 1. The molecule has 1 atom stereocenters. The summed E-state index contributed by atoms with van der Waals surface area (Å²) in [5.41, 5.74) is 3.94. The number of carbonyl (C=O) groups excluding carboxylic acids is 1. The molecule has 1 aliphatic rings. The summed E-state index contributed by atoms with van der Waals surface area (Å²) in [4.78, 5) is 20.1. The molecule has 150 valence electrons. The summed E-state index contributed by atoms with van der Waals surface area (Å²) in [5.74, 6) is 1.01. The first-order chi connectivity index (χ1) is 14.1. The molecular formula is C22H24N4O2S. The zero-order valence-electron chi connectivity index (χ0n) is 16.8. The van der Waals surface area contributed by atoms with Crippen LogP contribution in [-0.4, -0.2) is 27.6 Å². The Kier molecular flexibility index (Phi) is 5.49. The number of nitrogens with zero attached hydrogens (tertiary/aromatic N) is 3. The van der Waals surface area contributed by atoms with E-state index in [0.29, 0.717) is 18.3 Å². The molecule has 0 aliphatic carbocycles. The molecule has 0 bridgehead atoms. The highest BCUT2D eigenvalue weighted by Gasteiger charge is 2.35. The number of aryl methyl sites for hydroxylation is 1. The van der Waals surface area contributed by atoms with Gasteiger partial charge in [0, 0.05) is 12.2 Å². The molecule has 2 aromatic heterocycles. The van der Waals surface area contributed by atoms with Gasteiger partial charge in [0.25, 0.3) is 5.89 Å². The molecule has 7 heteroatoms. The highest BCUT2D eigenvalue weighted by molar-refractivity contribution is 7.13. The van der Waals surface area contributed by atoms with Crippen molar-refractivity contribution in [1.29, 1.82) is 0 Å².